The minimum absolute atomic E-state index is 0.0379. The summed E-state index contributed by atoms with van der Waals surface area (Å²) in [5.74, 6) is 1.70. The SMILES string of the molecule is C#CCN(C)C(=O)c1ccc(Br)c(C(F)(F)F)c1. The van der Waals surface area contributed by atoms with E-state index in [2.05, 4.69) is 21.9 Å². The molecule has 1 rings (SSSR count). The lowest BCUT2D eigenvalue weighted by atomic mass is 10.1. The Balaban J connectivity index is 3.14. The third-order valence-electron chi connectivity index (χ3n) is 2.19. The number of halogens is 4. The first kappa shape index (κ1) is 14.6. The average molecular weight is 320 g/mol. The van der Waals surface area contributed by atoms with Gasteiger partial charge in [0.25, 0.3) is 5.91 Å². The molecule has 1 aromatic rings. The van der Waals surface area contributed by atoms with Gasteiger partial charge in [0, 0.05) is 17.1 Å². The van der Waals surface area contributed by atoms with E-state index in [9.17, 15) is 18.0 Å². The second-order valence-electron chi connectivity index (χ2n) is 3.56. The van der Waals surface area contributed by atoms with Crippen molar-refractivity contribution in [3.8, 4) is 12.3 Å². The van der Waals surface area contributed by atoms with Gasteiger partial charge in [-0.2, -0.15) is 13.2 Å². The summed E-state index contributed by atoms with van der Waals surface area (Å²) in [4.78, 5) is 12.9. The smallest absolute Gasteiger partial charge is 0.331 e. The van der Waals surface area contributed by atoms with Crippen LogP contribution >= 0.6 is 15.9 Å². The summed E-state index contributed by atoms with van der Waals surface area (Å²) in [5.41, 5.74) is -0.939. The van der Waals surface area contributed by atoms with Crippen LogP contribution in [0.25, 0.3) is 0 Å². The fourth-order valence-electron chi connectivity index (χ4n) is 1.30. The molecule has 6 heteroatoms. The largest absolute Gasteiger partial charge is 0.417 e. The van der Waals surface area contributed by atoms with Crippen molar-refractivity contribution in [1.29, 1.82) is 0 Å². The zero-order chi connectivity index (χ0) is 13.9. The zero-order valence-electron chi connectivity index (χ0n) is 9.38. The normalized spacial score (nSPS) is 10.9. The van der Waals surface area contributed by atoms with Crippen molar-refractivity contribution in [3.63, 3.8) is 0 Å². The molecule has 0 spiro atoms. The first-order valence-electron chi connectivity index (χ1n) is 4.83. The van der Waals surface area contributed by atoms with Gasteiger partial charge < -0.3 is 4.90 Å². The molecule has 0 heterocycles. The molecule has 96 valence electrons. The van der Waals surface area contributed by atoms with Gasteiger partial charge in [-0.05, 0) is 18.2 Å². The lowest BCUT2D eigenvalue weighted by molar-refractivity contribution is -0.138. The van der Waals surface area contributed by atoms with Crippen LogP contribution in [0.5, 0.6) is 0 Å². The van der Waals surface area contributed by atoms with Crippen molar-refractivity contribution >= 4 is 21.8 Å². The Morgan fingerprint density at radius 3 is 2.61 bits per heavy atom. The molecule has 0 N–H and O–H groups in total. The zero-order valence-corrected chi connectivity index (χ0v) is 11.0. The van der Waals surface area contributed by atoms with Gasteiger partial charge in [-0.25, -0.2) is 0 Å². The summed E-state index contributed by atoms with van der Waals surface area (Å²) < 4.78 is 37.9. The number of alkyl halides is 3. The number of carbonyl (C=O) groups excluding carboxylic acids is 1. The van der Waals surface area contributed by atoms with Crippen molar-refractivity contribution in [2.75, 3.05) is 13.6 Å². The molecule has 0 aromatic heterocycles. The molecule has 0 fully saturated rings. The Labute approximate surface area is 111 Å². The van der Waals surface area contributed by atoms with Crippen LogP contribution in [-0.4, -0.2) is 24.4 Å². The van der Waals surface area contributed by atoms with Crippen LogP contribution in [0.15, 0.2) is 22.7 Å². The molecular formula is C12H9BrF3NO. The summed E-state index contributed by atoms with van der Waals surface area (Å²) in [6, 6.07) is 3.31. The maximum absolute atomic E-state index is 12.7. The molecule has 0 saturated carbocycles. The molecule has 2 nitrogen and oxygen atoms in total. The molecule has 1 amide bonds. The lowest BCUT2D eigenvalue weighted by Crippen LogP contribution is -2.27. The summed E-state index contributed by atoms with van der Waals surface area (Å²) in [7, 11) is 1.43. The van der Waals surface area contributed by atoms with Gasteiger partial charge in [0.1, 0.15) is 0 Å². The highest BCUT2D eigenvalue weighted by molar-refractivity contribution is 9.10. The quantitative estimate of drug-likeness (QED) is 0.767. The van der Waals surface area contributed by atoms with Crippen LogP contribution in [0.2, 0.25) is 0 Å². The predicted molar refractivity (Wildman–Crippen MR) is 64.9 cm³/mol. The van der Waals surface area contributed by atoms with E-state index in [0.29, 0.717) is 0 Å². The summed E-state index contributed by atoms with van der Waals surface area (Å²) in [6.07, 6.45) is 0.523. The van der Waals surface area contributed by atoms with Crippen molar-refractivity contribution in [1.82, 2.24) is 4.90 Å². The first-order chi connectivity index (χ1) is 8.27. The highest BCUT2D eigenvalue weighted by atomic mass is 79.9. The van der Waals surface area contributed by atoms with E-state index in [1.165, 1.54) is 24.1 Å². The van der Waals surface area contributed by atoms with E-state index in [1.54, 1.807) is 0 Å². The topological polar surface area (TPSA) is 20.3 Å². The fourth-order valence-corrected chi connectivity index (χ4v) is 1.78. The second-order valence-corrected chi connectivity index (χ2v) is 4.41. The van der Waals surface area contributed by atoms with Crippen LogP contribution < -0.4 is 0 Å². The number of benzene rings is 1. The average Bonchev–Trinajstić information content (AvgIpc) is 2.27. The van der Waals surface area contributed by atoms with E-state index in [-0.39, 0.29) is 16.6 Å². The van der Waals surface area contributed by atoms with E-state index in [1.807, 2.05) is 0 Å². The Morgan fingerprint density at radius 1 is 1.50 bits per heavy atom. The molecule has 18 heavy (non-hydrogen) atoms. The van der Waals surface area contributed by atoms with E-state index in [4.69, 9.17) is 6.42 Å². The van der Waals surface area contributed by atoms with E-state index >= 15 is 0 Å². The minimum atomic E-state index is -4.51. The highest BCUT2D eigenvalue weighted by Gasteiger charge is 2.33. The van der Waals surface area contributed by atoms with Gasteiger partial charge in [0.05, 0.1) is 12.1 Å². The van der Waals surface area contributed by atoms with Crippen molar-refractivity contribution in [3.05, 3.63) is 33.8 Å². The monoisotopic (exact) mass is 319 g/mol. The lowest BCUT2D eigenvalue weighted by Gasteiger charge is -2.16. The van der Waals surface area contributed by atoms with Gasteiger partial charge in [0.15, 0.2) is 0 Å². The van der Waals surface area contributed by atoms with Crippen LogP contribution in [0, 0.1) is 12.3 Å². The Bertz CT molecular complexity index is 505. The molecular weight excluding hydrogens is 311 g/mol. The number of carbonyl (C=O) groups is 1. The molecule has 0 bridgehead atoms. The second kappa shape index (κ2) is 5.44. The molecule has 0 radical (unpaired) electrons. The summed E-state index contributed by atoms with van der Waals surface area (Å²) in [6.45, 7) is 0.0379. The van der Waals surface area contributed by atoms with Gasteiger partial charge in [-0.15, -0.1) is 6.42 Å². The number of hydrogen-bond donors (Lipinski definition) is 0. The van der Waals surface area contributed by atoms with Crippen LogP contribution in [0.3, 0.4) is 0 Å². The van der Waals surface area contributed by atoms with Crippen LogP contribution in [-0.2, 0) is 6.18 Å². The standard InChI is InChI=1S/C12H9BrF3NO/c1-3-6-17(2)11(18)8-4-5-10(13)9(7-8)12(14,15)16/h1,4-5,7H,6H2,2H3. The maximum Gasteiger partial charge on any atom is 0.417 e. The Kier molecular flexibility index (Phi) is 4.41. The molecule has 0 atom stereocenters. The first-order valence-corrected chi connectivity index (χ1v) is 5.62. The molecule has 1 aromatic carbocycles. The van der Waals surface area contributed by atoms with E-state index < -0.39 is 17.6 Å². The molecule has 0 aliphatic heterocycles. The van der Waals surface area contributed by atoms with Gasteiger partial charge in [-0.1, -0.05) is 21.9 Å². The minimum Gasteiger partial charge on any atom is -0.331 e. The molecule has 0 unspecified atom stereocenters. The van der Waals surface area contributed by atoms with Gasteiger partial charge in [0.2, 0.25) is 0 Å². The summed E-state index contributed by atoms with van der Waals surface area (Å²) in [5, 5.41) is 0. The summed E-state index contributed by atoms with van der Waals surface area (Å²) >= 11 is 2.81. The third kappa shape index (κ3) is 3.26. The van der Waals surface area contributed by atoms with Crippen LogP contribution in [0.4, 0.5) is 13.2 Å². The third-order valence-corrected chi connectivity index (χ3v) is 2.89. The predicted octanol–water partition coefficient (Wildman–Crippen LogP) is 3.17. The fraction of sp³-hybridized carbons (Fsp3) is 0.250. The van der Waals surface area contributed by atoms with Gasteiger partial charge in [-0.3, -0.25) is 4.79 Å². The van der Waals surface area contributed by atoms with Crippen LogP contribution in [0.1, 0.15) is 15.9 Å². The number of amides is 1. The number of nitrogens with zero attached hydrogens (tertiary/aromatic N) is 1. The number of hydrogen-bond acceptors (Lipinski definition) is 1. The van der Waals surface area contributed by atoms with Crippen molar-refractivity contribution in [2.45, 2.75) is 6.18 Å². The van der Waals surface area contributed by atoms with Gasteiger partial charge >= 0.3 is 6.18 Å². The highest BCUT2D eigenvalue weighted by Crippen LogP contribution is 2.35. The Hall–Kier alpha value is -1.48. The number of terminal acetylenes is 1. The molecule has 0 aliphatic rings. The maximum atomic E-state index is 12.7. The molecule has 0 aliphatic carbocycles. The Morgan fingerprint density at radius 2 is 2.11 bits per heavy atom. The van der Waals surface area contributed by atoms with Crippen molar-refractivity contribution < 1.29 is 18.0 Å². The number of rotatable bonds is 2. The van der Waals surface area contributed by atoms with E-state index in [0.717, 1.165) is 6.07 Å². The molecule has 0 saturated heterocycles. The van der Waals surface area contributed by atoms with Crippen molar-refractivity contribution in [2.24, 2.45) is 0 Å².